The fourth-order valence-corrected chi connectivity index (χ4v) is 1.05. The molecule has 0 aromatic heterocycles. The topological polar surface area (TPSA) is 24.4 Å². The maximum atomic E-state index is 3.87. The first kappa shape index (κ1) is 11.2. The Morgan fingerprint density at radius 1 is 1.42 bits per heavy atom. The minimum Gasteiger partial charge on any atom is -0.376 e. The van der Waals surface area contributed by atoms with Gasteiger partial charge in [-0.2, -0.15) is 0 Å². The molecule has 0 bridgehead atoms. The average molecular weight is 168 g/mol. The maximum absolute atomic E-state index is 3.87. The van der Waals surface area contributed by atoms with Gasteiger partial charge in [-0.25, -0.2) is 0 Å². The minimum absolute atomic E-state index is 0.605. The third kappa shape index (κ3) is 4.94. The summed E-state index contributed by atoms with van der Waals surface area (Å²) in [7, 11) is 1.77. The molecule has 0 spiro atoms. The first-order valence-electron chi connectivity index (χ1n) is 4.49. The van der Waals surface area contributed by atoms with Crippen LogP contribution in [-0.2, 0) is 0 Å². The van der Waals surface area contributed by atoms with Crippen molar-refractivity contribution in [2.24, 2.45) is 16.8 Å². The Kier molecular flexibility index (Phi) is 6.44. The van der Waals surface area contributed by atoms with E-state index in [-0.39, 0.29) is 0 Å². The standard InChI is InChI=1S/C10H20N2/c1-5-6-10(9(2)3)7-12-8-11-4/h5-6,8-10H,7H2,1-4H3,(H,11,12)/b6-5+. The van der Waals surface area contributed by atoms with Crippen LogP contribution in [0, 0.1) is 11.8 Å². The van der Waals surface area contributed by atoms with Gasteiger partial charge in [0.1, 0.15) is 0 Å². The Hall–Kier alpha value is -0.790. The van der Waals surface area contributed by atoms with Gasteiger partial charge in [0.2, 0.25) is 0 Å². The van der Waals surface area contributed by atoms with Gasteiger partial charge in [-0.3, -0.25) is 4.99 Å². The van der Waals surface area contributed by atoms with Crippen LogP contribution in [0.3, 0.4) is 0 Å². The second-order valence-corrected chi connectivity index (χ2v) is 3.23. The molecular weight excluding hydrogens is 148 g/mol. The van der Waals surface area contributed by atoms with Crippen LogP contribution in [0.15, 0.2) is 17.1 Å². The molecule has 0 fully saturated rings. The van der Waals surface area contributed by atoms with Crippen molar-refractivity contribution in [1.29, 1.82) is 0 Å². The molecule has 1 N–H and O–H groups in total. The molecule has 2 heteroatoms. The SMILES string of the molecule is C/C=C/C(CN/C=N\C)C(C)C. The highest BCUT2D eigenvalue weighted by Crippen LogP contribution is 2.10. The molecule has 0 aromatic rings. The molecule has 12 heavy (non-hydrogen) atoms. The molecule has 0 aliphatic carbocycles. The van der Waals surface area contributed by atoms with Crippen molar-refractivity contribution in [2.45, 2.75) is 20.8 Å². The van der Waals surface area contributed by atoms with Crippen molar-refractivity contribution >= 4 is 6.34 Å². The lowest BCUT2D eigenvalue weighted by molar-refractivity contribution is 0.461. The second-order valence-electron chi connectivity index (χ2n) is 3.23. The molecule has 70 valence electrons. The number of nitrogens with one attached hydrogen (secondary N) is 1. The van der Waals surface area contributed by atoms with Crippen LogP contribution >= 0.6 is 0 Å². The summed E-state index contributed by atoms with van der Waals surface area (Å²) in [6, 6.07) is 0. The summed E-state index contributed by atoms with van der Waals surface area (Å²) in [5.41, 5.74) is 0. The molecule has 0 aliphatic heterocycles. The molecule has 2 nitrogen and oxygen atoms in total. The van der Waals surface area contributed by atoms with Gasteiger partial charge in [0, 0.05) is 13.6 Å². The van der Waals surface area contributed by atoms with Crippen LogP contribution in [0.4, 0.5) is 0 Å². The summed E-state index contributed by atoms with van der Waals surface area (Å²) in [6.45, 7) is 7.49. The zero-order chi connectivity index (χ0) is 9.40. The maximum Gasteiger partial charge on any atom is 0.0820 e. The highest BCUT2D eigenvalue weighted by molar-refractivity contribution is 5.53. The number of hydrogen-bond acceptors (Lipinski definition) is 1. The van der Waals surface area contributed by atoms with Crippen LogP contribution in [0.2, 0.25) is 0 Å². The molecule has 0 heterocycles. The van der Waals surface area contributed by atoms with Gasteiger partial charge in [0.15, 0.2) is 0 Å². The number of nitrogens with zero attached hydrogens (tertiary/aromatic N) is 1. The van der Waals surface area contributed by atoms with Crippen LogP contribution in [0.5, 0.6) is 0 Å². The van der Waals surface area contributed by atoms with Crippen molar-refractivity contribution in [2.75, 3.05) is 13.6 Å². The van der Waals surface area contributed by atoms with Crippen molar-refractivity contribution in [3.8, 4) is 0 Å². The molecule has 1 unspecified atom stereocenters. The minimum atomic E-state index is 0.605. The quantitative estimate of drug-likeness (QED) is 0.379. The third-order valence-corrected chi connectivity index (χ3v) is 1.87. The molecule has 0 rings (SSSR count). The van der Waals surface area contributed by atoms with Gasteiger partial charge >= 0.3 is 0 Å². The summed E-state index contributed by atoms with van der Waals surface area (Å²) in [4.78, 5) is 3.87. The van der Waals surface area contributed by atoms with E-state index in [2.05, 4.69) is 43.2 Å². The van der Waals surface area contributed by atoms with Crippen molar-refractivity contribution in [1.82, 2.24) is 5.32 Å². The summed E-state index contributed by atoms with van der Waals surface area (Å²) < 4.78 is 0. The Balaban J connectivity index is 3.79. The number of hydrogen-bond donors (Lipinski definition) is 1. The molecule has 0 radical (unpaired) electrons. The molecule has 1 atom stereocenters. The Bertz CT molecular complexity index is 148. The van der Waals surface area contributed by atoms with E-state index >= 15 is 0 Å². The number of allylic oxidation sites excluding steroid dienone is 1. The third-order valence-electron chi connectivity index (χ3n) is 1.87. The molecule has 0 aliphatic rings. The predicted molar refractivity (Wildman–Crippen MR) is 55.6 cm³/mol. The van der Waals surface area contributed by atoms with Crippen LogP contribution in [-0.4, -0.2) is 19.9 Å². The average Bonchev–Trinajstić information content (AvgIpc) is 2.03. The van der Waals surface area contributed by atoms with Gasteiger partial charge in [0.05, 0.1) is 6.34 Å². The van der Waals surface area contributed by atoms with Gasteiger partial charge < -0.3 is 5.32 Å². The molecular formula is C10H20N2. The van der Waals surface area contributed by atoms with Gasteiger partial charge in [-0.05, 0) is 18.8 Å². The van der Waals surface area contributed by atoms with Gasteiger partial charge in [-0.15, -0.1) is 0 Å². The zero-order valence-corrected chi connectivity index (χ0v) is 8.54. The van der Waals surface area contributed by atoms with Gasteiger partial charge in [-0.1, -0.05) is 26.0 Å². The van der Waals surface area contributed by atoms with E-state index in [1.807, 2.05) is 0 Å². The van der Waals surface area contributed by atoms with E-state index in [0.717, 1.165) is 6.54 Å². The monoisotopic (exact) mass is 168 g/mol. The van der Waals surface area contributed by atoms with Crippen molar-refractivity contribution < 1.29 is 0 Å². The fraction of sp³-hybridized carbons (Fsp3) is 0.700. The fourth-order valence-electron chi connectivity index (χ4n) is 1.05. The summed E-state index contributed by atoms with van der Waals surface area (Å²) in [5.74, 6) is 1.28. The van der Waals surface area contributed by atoms with Gasteiger partial charge in [0.25, 0.3) is 0 Å². The van der Waals surface area contributed by atoms with Crippen LogP contribution in [0.25, 0.3) is 0 Å². The smallest absolute Gasteiger partial charge is 0.0820 e. The van der Waals surface area contributed by atoms with Crippen molar-refractivity contribution in [3.63, 3.8) is 0 Å². The zero-order valence-electron chi connectivity index (χ0n) is 8.54. The van der Waals surface area contributed by atoms with E-state index in [4.69, 9.17) is 0 Å². The Morgan fingerprint density at radius 2 is 2.08 bits per heavy atom. The van der Waals surface area contributed by atoms with Crippen LogP contribution < -0.4 is 5.32 Å². The Morgan fingerprint density at radius 3 is 2.50 bits per heavy atom. The van der Waals surface area contributed by atoms with E-state index in [1.165, 1.54) is 0 Å². The first-order valence-corrected chi connectivity index (χ1v) is 4.49. The first-order chi connectivity index (χ1) is 5.72. The molecule has 0 saturated heterocycles. The lowest BCUT2D eigenvalue weighted by Crippen LogP contribution is -2.23. The summed E-state index contributed by atoms with van der Waals surface area (Å²) >= 11 is 0. The lowest BCUT2D eigenvalue weighted by Gasteiger charge is -2.16. The normalized spacial score (nSPS) is 14.8. The summed E-state index contributed by atoms with van der Waals surface area (Å²) in [5, 5.41) is 3.16. The van der Waals surface area contributed by atoms with Crippen LogP contribution in [0.1, 0.15) is 20.8 Å². The largest absolute Gasteiger partial charge is 0.376 e. The number of aliphatic imine (C=N–C) groups is 1. The molecule has 0 aromatic carbocycles. The molecule has 0 amide bonds. The van der Waals surface area contributed by atoms with Crippen molar-refractivity contribution in [3.05, 3.63) is 12.2 Å². The van der Waals surface area contributed by atoms with E-state index < -0.39 is 0 Å². The van der Waals surface area contributed by atoms with E-state index in [1.54, 1.807) is 13.4 Å². The molecule has 0 saturated carbocycles. The lowest BCUT2D eigenvalue weighted by atomic mass is 9.95. The summed E-state index contributed by atoms with van der Waals surface area (Å²) in [6.07, 6.45) is 6.09. The highest BCUT2D eigenvalue weighted by Gasteiger charge is 2.07. The van der Waals surface area contributed by atoms with E-state index in [9.17, 15) is 0 Å². The second kappa shape index (κ2) is 6.89. The Labute approximate surface area is 75.8 Å². The number of rotatable bonds is 5. The van der Waals surface area contributed by atoms with E-state index in [0.29, 0.717) is 11.8 Å². The predicted octanol–water partition coefficient (Wildman–Crippen LogP) is 2.08. The highest BCUT2D eigenvalue weighted by atomic mass is 14.9.